The van der Waals surface area contributed by atoms with Gasteiger partial charge in [0.1, 0.15) is 0 Å². The van der Waals surface area contributed by atoms with Gasteiger partial charge in [0.25, 0.3) is 0 Å². The number of rotatable bonds is 2. The third-order valence-corrected chi connectivity index (χ3v) is 0.783. The van der Waals surface area contributed by atoms with Gasteiger partial charge in [-0.1, -0.05) is 0 Å². The van der Waals surface area contributed by atoms with Crippen LogP contribution in [0.4, 0.5) is 0 Å². The second kappa shape index (κ2) is 6.54. The Hall–Kier alpha value is 0.540. The molecule has 0 heterocycles. The third-order valence-electron chi connectivity index (χ3n) is 0.594. The maximum Gasteiger partial charge on any atom is 0.0904 e. The van der Waals surface area contributed by atoms with Gasteiger partial charge >= 0.3 is 0 Å². The topological polar surface area (TPSA) is 4.44 Å². The third kappa shape index (κ3) is 10.8. The first-order chi connectivity index (χ1) is 2.77. The van der Waals surface area contributed by atoms with Crippen molar-refractivity contribution in [2.75, 3.05) is 26.5 Å². The Morgan fingerprint density at radius 3 is 1.86 bits per heavy atom. The highest BCUT2D eigenvalue weighted by Crippen LogP contribution is 1.61. The summed E-state index contributed by atoms with van der Waals surface area (Å²) in [5.41, 5.74) is 0. The lowest BCUT2D eigenvalue weighted by Crippen LogP contribution is -3.06. The van der Waals surface area contributed by atoms with Gasteiger partial charge in [-0.3, -0.25) is 0 Å². The first-order valence-electron chi connectivity index (χ1n) is 2.12. The second-order valence-electron chi connectivity index (χ2n) is 1.65. The van der Waals surface area contributed by atoms with Crippen LogP contribution in [0.5, 0.6) is 0 Å². The molecule has 0 amide bonds. The predicted octanol–water partition coefficient (Wildman–Crippen LogP) is -3.63. The smallest absolute Gasteiger partial charge is 0.0904 e. The Kier molecular flexibility index (Phi) is 9.82. The van der Waals surface area contributed by atoms with E-state index >= 15 is 0 Å². The van der Waals surface area contributed by atoms with E-state index in [9.17, 15) is 0 Å². The molecule has 0 bridgehead atoms. The van der Waals surface area contributed by atoms with Crippen molar-refractivity contribution in [3.8, 4) is 0 Å². The van der Waals surface area contributed by atoms with Crippen LogP contribution in [0.2, 0.25) is 0 Å². The van der Waals surface area contributed by atoms with E-state index in [-0.39, 0.29) is 12.4 Å². The van der Waals surface area contributed by atoms with Crippen LogP contribution in [0, 0.1) is 0 Å². The van der Waals surface area contributed by atoms with Crippen molar-refractivity contribution in [3.05, 3.63) is 0 Å². The highest BCUT2D eigenvalue weighted by molar-refractivity contribution is 6.17. The van der Waals surface area contributed by atoms with E-state index < -0.39 is 0 Å². The first kappa shape index (κ1) is 10.5. The molecule has 0 aliphatic rings. The molecule has 46 valence electrons. The molecule has 0 unspecified atom stereocenters. The van der Waals surface area contributed by atoms with Crippen molar-refractivity contribution in [2.24, 2.45) is 0 Å². The highest BCUT2D eigenvalue weighted by Gasteiger charge is 1.84. The Labute approximate surface area is 56.1 Å². The van der Waals surface area contributed by atoms with Crippen LogP contribution in [0.25, 0.3) is 0 Å². The molecular formula is C4H11Cl2N. The van der Waals surface area contributed by atoms with E-state index in [1.54, 1.807) is 0 Å². The van der Waals surface area contributed by atoms with Gasteiger partial charge in [-0.15, -0.1) is 11.6 Å². The Morgan fingerprint density at radius 2 is 1.86 bits per heavy atom. The van der Waals surface area contributed by atoms with Crippen LogP contribution >= 0.6 is 11.6 Å². The molecule has 0 spiro atoms. The van der Waals surface area contributed by atoms with Gasteiger partial charge in [0, 0.05) is 0 Å². The quantitative estimate of drug-likeness (QED) is 0.381. The normalized spacial score (nSPS) is 8.57. The van der Waals surface area contributed by atoms with Crippen LogP contribution in [-0.4, -0.2) is 26.5 Å². The number of nitrogens with one attached hydrogen (secondary N) is 1. The molecule has 0 rings (SSSR count). The lowest BCUT2D eigenvalue weighted by atomic mass is 10.7. The summed E-state index contributed by atoms with van der Waals surface area (Å²) < 4.78 is 0. The number of hydrogen-bond donors (Lipinski definition) is 1. The van der Waals surface area contributed by atoms with Crippen molar-refractivity contribution < 1.29 is 17.3 Å². The summed E-state index contributed by atoms with van der Waals surface area (Å²) in [7, 11) is 4.17. The van der Waals surface area contributed by atoms with E-state index in [0.717, 1.165) is 12.4 Å². The van der Waals surface area contributed by atoms with Crippen molar-refractivity contribution >= 4 is 11.6 Å². The number of alkyl halides is 1. The molecule has 1 nitrogen and oxygen atoms in total. The van der Waals surface area contributed by atoms with E-state index in [1.165, 1.54) is 4.90 Å². The molecule has 0 aliphatic heterocycles. The molecule has 0 fully saturated rings. The van der Waals surface area contributed by atoms with Crippen LogP contribution in [0.15, 0.2) is 0 Å². The minimum absolute atomic E-state index is 0. The maximum atomic E-state index is 5.38. The molecule has 0 aliphatic carbocycles. The Morgan fingerprint density at radius 1 is 1.43 bits per heavy atom. The van der Waals surface area contributed by atoms with Crippen LogP contribution in [0.1, 0.15) is 0 Å². The average Bonchev–Trinajstić information content (AvgIpc) is 1.35. The summed E-state index contributed by atoms with van der Waals surface area (Å²) in [4.78, 5) is 1.41. The molecule has 0 saturated heterocycles. The first-order valence-corrected chi connectivity index (χ1v) is 2.66. The predicted molar refractivity (Wildman–Crippen MR) is 28.4 cm³/mol. The van der Waals surface area contributed by atoms with Crippen LogP contribution < -0.4 is 17.3 Å². The summed E-state index contributed by atoms with van der Waals surface area (Å²) in [6.45, 7) is 1.06. The fourth-order valence-corrected chi connectivity index (χ4v) is 0.567. The average molecular weight is 144 g/mol. The molecule has 7 heavy (non-hydrogen) atoms. The van der Waals surface area contributed by atoms with Gasteiger partial charge in [-0.25, -0.2) is 0 Å². The van der Waals surface area contributed by atoms with Gasteiger partial charge in [-0.2, -0.15) is 0 Å². The zero-order chi connectivity index (χ0) is 4.99. The lowest BCUT2D eigenvalue weighted by molar-refractivity contribution is -0.855. The molecular weight excluding hydrogens is 133 g/mol. The van der Waals surface area contributed by atoms with Gasteiger partial charge in [-0.05, 0) is 0 Å². The van der Waals surface area contributed by atoms with Gasteiger partial charge in [0.15, 0.2) is 0 Å². The summed E-state index contributed by atoms with van der Waals surface area (Å²) in [6, 6.07) is 0. The van der Waals surface area contributed by atoms with Crippen LogP contribution in [0.3, 0.4) is 0 Å². The summed E-state index contributed by atoms with van der Waals surface area (Å²) in [6.07, 6.45) is 0. The summed E-state index contributed by atoms with van der Waals surface area (Å²) in [5.74, 6) is 0.766. The van der Waals surface area contributed by atoms with Crippen molar-refractivity contribution in [1.82, 2.24) is 0 Å². The van der Waals surface area contributed by atoms with Crippen molar-refractivity contribution in [1.29, 1.82) is 0 Å². The zero-order valence-electron chi connectivity index (χ0n) is 4.67. The van der Waals surface area contributed by atoms with Gasteiger partial charge < -0.3 is 17.3 Å². The van der Waals surface area contributed by atoms with E-state index in [1.807, 2.05) is 0 Å². The van der Waals surface area contributed by atoms with E-state index in [4.69, 9.17) is 11.6 Å². The zero-order valence-corrected chi connectivity index (χ0v) is 6.18. The highest BCUT2D eigenvalue weighted by atomic mass is 35.5. The van der Waals surface area contributed by atoms with Gasteiger partial charge in [0.2, 0.25) is 0 Å². The number of hydrogen-bond acceptors (Lipinski definition) is 0. The number of quaternary nitrogens is 1. The molecule has 0 atom stereocenters. The SMILES string of the molecule is C[NH+](C)CCCl.[Cl-]. The molecule has 0 aromatic carbocycles. The largest absolute Gasteiger partial charge is 1.00 e. The molecule has 3 heteroatoms. The fraction of sp³-hybridized carbons (Fsp3) is 1.00. The fourth-order valence-electron chi connectivity index (χ4n) is 0.189. The molecule has 0 aromatic heterocycles. The van der Waals surface area contributed by atoms with E-state index in [0.29, 0.717) is 0 Å². The summed E-state index contributed by atoms with van der Waals surface area (Å²) >= 11 is 5.38. The summed E-state index contributed by atoms with van der Waals surface area (Å²) in [5, 5.41) is 0. The Balaban J connectivity index is 0. The van der Waals surface area contributed by atoms with E-state index in [2.05, 4.69) is 14.1 Å². The molecule has 0 radical (unpaired) electrons. The minimum Gasteiger partial charge on any atom is -1.00 e. The second-order valence-corrected chi connectivity index (χ2v) is 2.02. The lowest BCUT2D eigenvalue weighted by Gasteiger charge is -2.00. The standard InChI is InChI=1S/C4H10ClN.ClH/c1-6(2)4-3-5;/h3-4H2,1-2H3;1H. The monoisotopic (exact) mass is 143 g/mol. The number of halogens is 2. The minimum atomic E-state index is 0. The van der Waals surface area contributed by atoms with Crippen LogP contribution in [-0.2, 0) is 0 Å². The maximum absolute atomic E-state index is 5.38. The Bertz CT molecular complexity index is 30.9. The molecule has 0 aromatic rings. The van der Waals surface area contributed by atoms with Crippen molar-refractivity contribution in [2.45, 2.75) is 0 Å². The molecule has 1 N–H and O–H groups in total. The molecule has 0 saturated carbocycles. The van der Waals surface area contributed by atoms with Crippen molar-refractivity contribution in [3.63, 3.8) is 0 Å². The van der Waals surface area contributed by atoms with Gasteiger partial charge in [0.05, 0.1) is 26.5 Å².